The maximum Gasteiger partial charge on any atom is 0.264 e. The van der Waals surface area contributed by atoms with Crippen molar-refractivity contribution in [1.82, 2.24) is 14.5 Å². The van der Waals surface area contributed by atoms with E-state index in [-0.39, 0.29) is 11.6 Å². The molecule has 0 amide bonds. The molecule has 0 radical (unpaired) electrons. The minimum atomic E-state index is -0.755. The maximum absolute atomic E-state index is 13.5. The molecule has 7 heteroatoms. The summed E-state index contributed by atoms with van der Waals surface area (Å²) in [6, 6.07) is 5.90. The van der Waals surface area contributed by atoms with E-state index in [0.717, 1.165) is 6.07 Å². The van der Waals surface area contributed by atoms with Crippen molar-refractivity contribution in [3.05, 3.63) is 46.6 Å². The third kappa shape index (κ3) is 2.80. The number of hydrogen-bond acceptors (Lipinski definition) is 5. The highest BCUT2D eigenvalue weighted by molar-refractivity contribution is 5.82. The molecule has 0 saturated heterocycles. The number of aromatic hydroxyl groups is 1. The van der Waals surface area contributed by atoms with Crippen LogP contribution in [-0.4, -0.2) is 25.7 Å². The standard InChI is InChI=1S/C17H17FN4O2/c1-9(2)20-17-19-8-11(16(24)22(17)3)13-5-4-10-6-15(23)12(18)7-14(10)21-13/h4-9,23H,1-3H3,(H,19,20). The lowest BCUT2D eigenvalue weighted by molar-refractivity contribution is 0.433. The summed E-state index contributed by atoms with van der Waals surface area (Å²) in [6.07, 6.45) is 1.46. The van der Waals surface area contributed by atoms with Crippen molar-refractivity contribution in [2.45, 2.75) is 19.9 Å². The summed E-state index contributed by atoms with van der Waals surface area (Å²) in [6.45, 7) is 3.91. The van der Waals surface area contributed by atoms with Crippen molar-refractivity contribution in [2.24, 2.45) is 7.05 Å². The van der Waals surface area contributed by atoms with Gasteiger partial charge in [0.15, 0.2) is 11.6 Å². The number of phenolic OH excluding ortho intramolecular Hbond substituents is 1. The summed E-state index contributed by atoms with van der Waals surface area (Å²) in [5, 5.41) is 13.1. The molecule has 0 aliphatic carbocycles. The molecule has 0 fully saturated rings. The van der Waals surface area contributed by atoms with Crippen molar-refractivity contribution >= 4 is 16.9 Å². The summed E-state index contributed by atoms with van der Waals surface area (Å²) in [7, 11) is 1.63. The van der Waals surface area contributed by atoms with E-state index < -0.39 is 11.6 Å². The molecule has 0 spiro atoms. The molecule has 0 unspecified atom stereocenters. The molecule has 2 aromatic heterocycles. The average Bonchev–Trinajstić information content (AvgIpc) is 2.52. The zero-order valence-electron chi connectivity index (χ0n) is 13.5. The summed E-state index contributed by atoms with van der Waals surface area (Å²) in [4.78, 5) is 21.1. The Hall–Kier alpha value is -2.96. The number of pyridine rings is 1. The average molecular weight is 328 g/mol. The molecule has 2 N–H and O–H groups in total. The molecule has 0 aliphatic heterocycles. The normalized spacial score (nSPS) is 11.2. The third-order valence-corrected chi connectivity index (χ3v) is 3.62. The van der Waals surface area contributed by atoms with Crippen LogP contribution in [0.15, 0.2) is 35.3 Å². The van der Waals surface area contributed by atoms with Gasteiger partial charge >= 0.3 is 0 Å². The first-order chi connectivity index (χ1) is 11.4. The first-order valence-corrected chi connectivity index (χ1v) is 7.49. The Morgan fingerprint density at radius 3 is 2.75 bits per heavy atom. The van der Waals surface area contributed by atoms with Gasteiger partial charge < -0.3 is 10.4 Å². The Kier molecular flexibility index (Phi) is 3.92. The van der Waals surface area contributed by atoms with Crippen LogP contribution in [0.5, 0.6) is 5.75 Å². The minimum Gasteiger partial charge on any atom is -0.505 e. The van der Waals surface area contributed by atoms with Crippen molar-refractivity contribution < 1.29 is 9.50 Å². The summed E-state index contributed by atoms with van der Waals surface area (Å²) >= 11 is 0. The molecule has 0 atom stereocenters. The van der Waals surface area contributed by atoms with Gasteiger partial charge in [0.2, 0.25) is 5.95 Å². The number of aromatic nitrogens is 3. The Balaban J connectivity index is 2.12. The van der Waals surface area contributed by atoms with Crippen molar-refractivity contribution in [2.75, 3.05) is 5.32 Å². The first-order valence-electron chi connectivity index (χ1n) is 7.49. The van der Waals surface area contributed by atoms with Gasteiger partial charge in [-0.05, 0) is 26.0 Å². The smallest absolute Gasteiger partial charge is 0.264 e. The van der Waals surface area contributed by atoms with E-state index in [0.29, 0.717) is 28.1 Å². The number of halogens is 1. The molecule has 24 heavy (non-hydrogen) atoms. The lowest BCUT2D eigenvalue weighted by atomic mass is 10.1. The van der Waals surface area contributed by atoms with Crippen molar-refractivity contribution in [1.29, 1.82) is 0 Å². The fourth-order valence-electron chi connectivity index (χ4n) is 2.40. The van der Waals surface area contributed by atoms with Gasteiger partial charge in [0.25, 0.3) is 5.56 Å². The molecule has 2 heterocycles. The summed E-state index contributed by atoms with van der Waals surface area (Å²) < 4.78 is 14.9. The molecular weight excluding hydrogens is 311 g/mol. The number of nitrogens with one attached hydrogen (secondary N) is 1. The van der Waals surface area contributed by atoms with Gasteiger partial charge in [0.05, 0.1) is 16.8 Å². The largest absolute Gasteiger partial charge is 0.505 e. The van der Waals surface area contributed by atoms with Gasteiger partial charge in [-0.15, -0.1) is 0 Å². The molecule has 0 saturated carbocycles. The minimum absolute atomic E-state index is 0.142. The van der Waals surface area contributed by atoms with E-state index >= 15 is 0 Å². The van der Waals surface area contributed by atoms with Crippen LogP contribution >= 0.6 is 0 Å². The van der Waals surface area contributed by atoms with Crippen molar-refractivity contribution in [3.8, 4) is 17.0 Å². The summed E-state index contributed by atoms with van der Waals surface area (Å²) in [5.74, 6) is -0.719. The van der Waals surface area contributed by atoms with E-state index in [4.69, 9.17) is 0 Å². The van der Waals surface area contributed by atoms with Gasteiger partial charge in [-0.25, -0.2) is 14.4 Å². The lowest BCUT2D eigenvalue weighted by Crippen LogP contribution is -2.25. The lowest BCUT2D eigenvalue weighted by Gasteiger charge is -2.13. The van der Waals surface area contributed by atoms with Crippen LogP contribution in [0.1, 0.15) is 13.8 Å². The van der Waals surface area contributed by atoms with E-state index in [9.17, 15) is 14.3 Å². The Morgan fingerprint density at radius 1 is 1.29 bits per heavy atom. The number of hydrogen-bond donors (Lipinski definition) is 2. The predicted molar refractivity (Wildman–Crippen MR) is 90.6 cm³/mol. The molecule has 1 aromatic carbocycles. The summed E-state index contributed by atoms with van der Waals surface area (Å²) in [5.41, 5.74) is 0.826. The second-order valence-electron chi connectivity index (χ2n) is 5.85. The van der Waals surface area contributed by atoms with Gasteiger partial charge in [-0.2, -0.15) is 0 Å². The Labute approximate surface area is 137 Å². The molecule has 3 aromatic rings. The zero-order chi connectivity index (χ0) is 17.4. The van der Waals surface area contributed by atoms with E-state index in [1.165, 1.54) is 16.8 Å². The first kappa shape index (κ1) is 15.9. The van der Waals surface area contributed by atoms with E-state index in [2.05, 4.69) is 15.3 Å². The third-order valence-electron chi connectivity index (χ3n) is 3.62. The number of anilines is 1. The van der Waals surface area contributed by atoms with Crippen LogP contribution in [0, 0.1) is 5.82 Å². The number of phenols is 1. The highest BCUT2D eigenvalue weighted by Crippen LogP contribution is 2.24. The topological polar surface area (TPSA) is 80.0 Å². The second-order valence-corrected chi connectivity index (χ2v) is 5.85. The number of nitrogens with zero attached hydrogens (tertiary/aromatic N) is 3. The van der Waals surface area contributed by atoms with Gasteiger partial charge in [-0.1, -0.05) is 6.07 Å². The molecule has 3 rings (SSSR count). The van der Waals surface area contributed by atoms with Crippen LogP contribution in [0.25, 0.3) is 22.2 Å². The predicted octanol–water partition coefficient (Wildman–Crippen LogP) is 2.66. The number of fused-ring (bicyclic) bond motifs is 1. The quantitative estimate of drug-likeness (QED) is 0.773. The van der Waals surface area contributed by atoms with Crippen LogP contribution in [0.2, 0.25) is 0 Å². The fourth-order valence-corrected chi connectivity index (χ4v) is 2.40. The van der Waals surface area contributed by atoms with Crippen LogP contribution in [0.4, 0.5) is 10.3 Å². The molecule has 0 bridgehead atoms. The number of benzene rings is 1. The van der Waals surface area contributed by atoms with Gasteiger partial charge in [0, 0.05) is 30.7 Å². The Morgan fingerprint density at radius 2 is 2.04 bits per heavy atom. The Bertz CT molecular complexity index is 982. The molecule has 0 aliphatic rings. The van der Waals surface area contributed by atoms with Crippen LogP contribution < -0.4 is 10.9 Å². The van der Waals surface area contributed by atoms with Crippen LogP contribution in [0.3, 0.4) is 0 Å². The highest BCUT2D eigenvalue weighted by Gasteiger charge is 2.12. The van der Waals surface area contributed by atoms with Crippen LogP contribution in [-0.2, 0) is 7.05 Å². The van der Waals surface area contributed by atoms with Crippen molar-refractivity contribution in [3.63, 3.8) is 0 Å². The molecule has 6 nitrogen and oxygen atoms in total. The van der Waals surface area contributed by atoms with Gasteiger partial charge in [0.1, 0.15) is 0 Å². The van der Waals surface area contributed by atoms with E-state index in [1.807, 2.05) is 13.8 Å². The zero-order valence-corrected chi connectivity index (χ0v) is 13.5. The number of rotatable bonds is 3. The fraction of sp³-hybridized carbons (Fsp3) is 0.235. The highest BCUT2D eigenvalue weighted by atomic mass is 19.1. The van der Waals surface area contributed by atoms with E-state index in [1.54, 1.807) is 19.2 Å². The molecular formula is C17H17FN4O2. The molecule has 124 valence electrons. The maximum atomic E-state index is 13.5. The SMILES string of the molecule is CC(C)Nc1ncc(-c2ccc3cc(O)c(F)cc3n2)c(=O)n1C. The monoisotopic (exact) mass is 328 g/mol. The van der Waals surface area contributed by atoms with Gasteiger partial charge in [-0.3, -0.25) is 9.36 Å². The second kappa shape index (κ2) is 5.92.